The third kappa shape index (κ3) is 4.92. The van der Waals surface area contributed by atoms with Crippen LogP contribution in [0.1, 0.15) is 40.0 Å². The fourth-order valence-corrected chi connectivity index (χ4v) is 3.67. The molecule has 2 aromatic rings. The van der Waals surface area contributed by atoms with E-state index < -0.39 is 0 Å². The van der Waals surface area contributed by atoms with Gasteiger partial charge in [-0.25, -0.2) is 0 Å². The molecule has 1 aliphatic rings. The normalized spacial score (nSPS) is 17.5. The minimum absolute atomic E-state index is 0.160. The van der Waals surface area contributed by atoms with Gasteiger partial charge in [0.05, 0.1) is 0 Å². The van der Waals surface area contributed by atoms with E-state index in [1.54, 1.807) is 0 Å². The van der Waals surface area contributed by atoms with Crippen molar-refractivity contribution in [2.75, 3.05) is 27.2 Å². The van der Waals surface area contributed by atoms with Crippen LogP contribution >= 0.6 is 0 Å². The summed E-state index contributed by atoms with van der Waals surface area (Å²) < 4.78 is 0. The second-order valence-electron chi connectivity index (χ2n) is 7.71. The zero-order chi connectivity index (χ0) is 18.5. The van der Waals surface area contributed by atoms with Crippen LogP contribution in [0.2, 0.25) is 0 Å². The number of piperidine rings is 1. The summed E-state index contributed by atoms with van der Waals surface area (Å²) in [6, 6.07) is 12.3. The predicted octanol–water partition coefficient (Wildman–Crippen LogP) is 3.55. The first-order valence-electron chi connectivity index (χ1n) is 9.46. The summed E-state index contributed by atoms with van der Waals surface area (Å²) in [7, 11) is 4.10. The first kappa shape index (κ1) is 18.6. The van der Waals surface area contributed by atoms with Crippen LogP contribution in [0.25, 0.3) is 0 Å². The van der Waals surface area contributed by atoms with Crippen molar-refractivity contribution >= 4 is 5.91 Å². The average molecular weight is 351 g/mol. The standard InChI is InChI=1S/C22H29N3O/c1-17-6-7-19(14-23-17)13-20-5-4-12-25(16-20)22(26)21-10-8-18(9-11-21)15-24(2)3/h6-11,14,20H,4-5,12-13,15-16H2,1-3H3/t20-/m1/s1. The number of carbonyl (C=O) groups is 1. The highest BCUT2D eigenvalue weighted by Gasteiger charge is 2.24. The molecular weight excluding hydrogens is 322 g/mol. The second kappa shape index (κ2) is 8.45. The number of aryl methyl sites for hydroxylation is 1. The van der Waals surface area contributed by atoms with E-state index in [9.17, 15) is 4.79 Å². The van der Waals surface area contributed by atoms with E-state index in [0.29, 0.717) is 5.92 Å². The van der Waals surface area contributed by atoms with Crippen LogP contribution in [-0.4, -0.2) is 47.9 Å². The lowest BCUT2D eigenvalue weighted by Crippen LogP contribution is -2.40. The summed E-state index contributed by atoms with van der Waals surface area (Å²) >= 11 is 0. The first-order chi connectivity index (χ1) is 12.5. The number of hydrogen-bond acceptors (Lipinski definition) is 3. The Morgan fingerprint density at radius 3 is 2.54 bits per heavy atom. The lowest BCUT2D eigenvalue weighted by Gasteiger charge is -2.33. The van der Waals surface area contributed by atoms with Crippen molar-refractivity contribution in [3.63, 3.8) is 0 Å². The number of likely N-dealkylation sites (tertiary alicyclic amines) is 1. The minimum atomic E-state index is 0.160. The molecule has 1 aromatic heterocycles. The number of benzene rings is 1. The summed E-state index contributed by atoms with van der Waals surface area (Å²) in [5.74, 6) is 0.679. The van der Waals surface area contributed by atoms with Gasteiger partial charge >= 0.3 is 0 Å². The van der Waals surface area contributed by atoms with Gasteiger partial charge in [-0.3, -0.25) is 9.78 Å². The molecule has 138 valence electrons. The highest BCUT2D eigenvalue weighted by atomic mass is 16.2. The molecule has 1 saturated heterocycles. The van der Waals surface area contributed by atoms with Gasteiger partial charge in [0, 0.05) is 37.1 Å². The van der Waals surface area contributed by atoms with Gasteiger partial charge in [-0.15, -0.1) is 0 Å². The summed E-state index contributed by atoms with van der Waals surface area (Å²) in [6.45, 7) is 4.60. The molecule has 0 aliphatic carbocycles. The number of amides is 1. The number of rotatable bonds is 5. The third-order valence-corrected chi connectivity index (χ3v) is 5.00. The number of aromatic nitrogens is 1. The second-order valence-corrected chi connectivity index (χ2v) is 7.71. The van der Waals surface area contributed by atoms with E-state index in [1.165, 1.54) is 17.5 Å². The van der Waals surface area contributed by atoms with Crippen molar-refractivity contribution in [3.05, 3.63) is 65.0 Å². The van der Waals surface area contributed by atoms with Gasteiger partial charge in [0.2, 0.25) is 0 Å². The zero-order valence-corrected chi connectivity index (χ0v) is 16.1. The maximum atomic E-state index is 12.9. The van der Waals surface area contributed by atoms with E-state index >= 15 is 0 Å². The Bertz CT molecular complexity index is 722. The summed E-state index contributed by atoms with van der Waals surface area (Å²) in [5.41, 5.74) is 4.34. The van der Waals surface area contributed by atoms with Gasteiger partial charge in [-0.05, 0) is 75.5 Å². The van der Waals surface area contributed by atoms with Crippen LogP contribution in [-0.2, 0) is 13.0 Å². The molecule has 3 rings (SSSR count). The Morgan fingerprint density at radius 2 is 1.88 bits per heavy atom. The molecule has 0 saturated carbocycles. The molecule has 1 aromatic carbocycles. The molecule has 0 unspecified atom stereocenters. The third-order valence-electron chi connectivity index (χ3n) is 5.00. The predicted molar refractivity (Wildman–Crippen MR) is 105 cm³/mol. The van der Waals surface area contributed by atoms with Crippen LogP contribution in [0.4, 0.5) is 0 Å². The topological polar surface area (TPSA) is 36.4 Å². The van der Waals surface area contributed by atoms with Crippen molar-refractivity contribution in [2.24, 2.45) is 5.92 Å². The van der Waals surface area contributed by atoms with Crippen LogP contribution in [0.5, 0.6) is 0 Å². The van der Waals surface area contributed by atoms with E-state index in [2.05, 4.69) is 48.2 Å². The van der Waals surface area contributed by atoms with E-state index in [4.69, 9.17) is 0 Å². The molecule has 1 atom stereocenters. The van der Waals surface area contributed by atoms with Gasteiger partial charge < -0.3 is 9.80 Å². The molecule has 0 bridgehead atoms. The quantitative estimate of drug-likeness (QED) is 0.827. The molecule has 1 amide bonds. The number of hydrogen-bond donors (Lipinski definition) is 0. The smallest absolute Gasteiger partial charge is 0.253 e. The maximum absolute atomic E-state index is 12.9. The average Bonchev–Trinajstić information content (AvgIpc) is 2.63. The Hall–Kier alpha value is -2.20. The molecule has 1 fully saturated rings. The van der Waals surface area contributed by atoms with Gasteiger partial charge in [-0.2, -0.15) is 0 Å². The van der Waals surface area contributed by atoms with Crippen molar-refractivity contribution in [3.8, 4) is 0 Å². The van der Waals surface area contributed by atoms with E-state index in [1.807, 2.05) is 30.2 Å². The Labute approximate surface area is 156 Å². The molecule has 0 spiro atoms. The van der Waals surface area contributed by atoms with E-state index in [-0.39, 0.29) is 5.91 Å². The fraction of sp³-hybridized carbons (Fsp3) is 0.455. The monoisotopic (exact) mass is 351 g/mol. The van der Waals surface area contributed by atoms with Gasteiger partial charge in [0.15, 0.2) is 0 Å². The van der Waals surface area contributed by atoms with Crippen molar-refractivity contribution in [1.82, 2.24) is 14.8 Å². The van der Waals surface area contributed by atoms with E-state index in [0.717, 1.165) is 43.7 Å². The molecule has 1 aliphatic heterocycles. The number of carbonyl (C=O) groups excluding carboxylic acids is 1. The van der Waals surface area contributed by atoms with Crippen molar-refractivity contribution in [2.45, 2.75) is 32.7 Å². The van der Waals surface area contributed by atoms with Crippen LogP contribution < -0.4 is 0 Å². The first-order valence-corrected chi connectivity index (χ1v) is 9.46. The molecule has 4 nitrogen and oxygen atoms in total. The number of nitrogens with zero attached hydrogens (tertiary/aromatic N) is 3. The lowest BCUT2D eigenvalue weighted by molar-refractivity contribution is 0.0673. The van der Waals surface area contributed by atoms with Gasteiger partial charge in [0.25, 0.3) is 5.91 Å². The maximum Gasteiger partial charge on any atom is 0.253 e. The zero-order valence-electron chi connectivity index (χ0n) is 16.1. The van der Waals surface area contributed by atoms with Crippen LogP contribution in [0.15, 0.2) is 42.6 Å². The molecule has 2 heterocycles. The summed E-state index contributed by atoms with van der Waals surface area (Å²) in [4.78, 5) is 21.4. The molecule has 0 N–H and O–H groups in total. The molecule has 4 heteroatoms. The highest BCUT2D eigenvalue weighted by molar-refractivity contribution is 5.94. The van der Waals surface area contributed by atoms with Gasteiger partial charge in [0.1, 0.15) is 0 Å². The van der Waals surface area contributed by atoms with Crippen molar-refractivity contribution < 1.29 is 4.79 Å². The summed E-state index contributed by atoms with van der Waals surface area (Å²) in [6.07, 6.45) is 5.23. The van der Waals surface area contributed by atoms with Crippen molar-refractivity contribution in [1.29, 1.82) is 0 Å². The minimum Gasteiger partial charge on any atom is -0.338 e. The fourth-order valence-electron chi connectivity index (χ4n) is 3.67. The molecular formula is C22H29N3O. The Kier molecular flexibility index (Phi) is 6.04. The number of pyridine rings is 1. The molecule has 26 heavy (non-hydrogen) atoms. The Balaban J connectivity index is 1.61. The SMILES string of the molecule is Cc1ccc(C[C@H]2CCCN(C(=O)c3ccc(CN(C)C)cc3)C2)cn1. The van der Waals surface area contributed by atoms with Crippen LogP contribution in [0, 0.1) is 12.8 Å². The molecule has 0 radical (unpaired) electrons. The lowest BCUT2D eigenvalue weighted by atomic mass is 9.91. The van der Waals surface area contributed by atoms with Crippen LogP contribution in [0.3, 0.4) is 0 Å². The summed E-state index contributed by atoms with van der Waals surface area (Å²) in [5, 5.41) is 0. The van der Waals surface area contributed by atoms with Gasteiger partial charge in [-0.1, -0.05) is 18.2 Å². The Morgan fingerprint density at radius 1 is 1.15 bits per heavy atom. The largest absolute Gasteiger partial charge is 0.338 e. The highest BCUT2D eigenvalue weighted by Crippen LogP contribution is 2.22.